The van der Waals surface area contributed by atoms with Crippen LogP contribution in [0.3, 0.4) is 0 Å². The minimum Gasteiger partial charge on any atom is -0.374 e. The molecule has 1 aliphatic carbocycles. The van der Waals surface area contributed by atoms with Crippen molar-refractivity contribution in [2.75, 3.05) is 13.2 Å². The molecule has 0 aliphatic heterocycles. The predicted molar refractivity (Wildman–Crippen MR) is 88.3 cm³/mol. The Morgan fingerprint density at radius 1 is 0.950 bits per heavy atom. The highest BCUT2D eigenvalue weighted by Crippen LogP contribution is 2.30. The van der Waals surface area contributed by atoms with Gasteiger partial charge in [-0.1, -0.05) is 72.1 Å². The van der Waals surface area contributed by atoms with Crippen LogP contribution in [0.5, 0.6) is 0 Å². The molecule has 2 heteroatoms. The Morgan fingerprint density at radius 3 is 2.20 bits per heavy atom. The second-order valence-electron chi connectivity index (χ2n) is 6.90. The van der Waals surface area contributed by atoms with Gasteiger partial charge in [0.2, 0.25) is 0 Å². The van der Waals surface area contributed by atoms with Gasteiger partial charge in [0.15, 0.2) is 0 Å². The van der Waals surface area contributed by atoms with E-state index in [1.165, 1.54) is 70.6 Å². The zero-order valence-corrected chi connectivity index (χ0v) is 14.2. The Balaban J connectivity index is 2.33. The van der Waals surface area contributed by atoms with Gasteiger partial charge in [-0.3, -0.25) is 0 Å². The van der Waals surface area contributed by atoms with Crippen molar-refractivity contribution in [3.05, 3.63) is 0 Å². The van der Waals surface area contributed by atoms with E-state index >= 15 is 0 Å². The zero-order chi connectivity index (χ0) is 14.7. The van der Waals surface area contributed by atoms with Crippen LogP contribution >= 0.6 is 0 Å². The molecule has 0 radical (unpaired) electrons. The fourth-order valence-corrected chi connectivity index (χ4v) is 3.13. The molecule has 0 aromatic heterocycles. The van der Waals surface area contributed by atoms with Crippen LogP contribution in [0, 0.1) is 0 Å². The number of unbranched alkanes of at least 4 members (excludes halogenated alkanes) is 4. The summed E-state index contributed by atoms with van der Waals surface area (Å²) in [6.07, 6.45) is 14.6. The van der Waals surface area contributed by atoms with Gasteiger partial charge in [0, 0.05) is 19.2 Å². The molecule has 0 atom stereocenters. The molecule has 1 rings (SSSR count). The fraction of sp³-hybridized carbons (Fsp3) is 1.00. The highest BCUT2D eigenvalue weighted by molar-refractivity contribution is 4.86. The van der Waals surface area contributed by atoms with Gasteiger partial charge in [-0.05, 0) is 19.3 Å². The fourth-order valence-electron chi connectivity index (χ4n) is 3.13. The normalized spacial score (nSPS) is 19.2. The molecule has 0 unspecified atom stereocenters. The topological polar surface area (TPSA) is 21.3 Å². The van der Waals surface area contributed by atoms with E-state index in [1.807, 2.05) is 0 Å². The summed E-state index contributed by atoms with van der Waals surface area (Å²) in [6.45, 7) is 8.74. The molecule has 0 spiro atoms. The minimum absolute atomic E-state index is 0.130. The third-order valence-electron chi connectivity index (χ3n) is 4.50. The van der Waals surface area contributed by atoms with Crippen molar-refractivity contribution >= 4 is 0 Å². The van der Waals surface area contributed by atoms with Crippen molar-refractivity contribution in [1.29, 1.82) is 0 Å². The molecule has 1 aliphatic rings. The van der Waals surface area contributed by atoms with Gasteiger partial charge in [-0.25, -0.2) is 0 Å². The van der Waals surface area contributed by atoms with Crippen molar-refractivity contribution in [3.63, 3.8) is 0 Å². The first-order chi connectivity index (χ1) is 9.68. The Hall–Kier alpha value is -0.0800. The summed E-state index contributed by atoms with van der Waals surface area (Å²) < 4.78 is 6.42. The molecule has 0 aromatic carbocycles. The third kappa shape index (κ3) is 7.64. The van der Waals surface area contributed by atoms with E-state index in [9.17, 15) is 0 Å². The average molecular weight is 284 g/mol. The van der Waals surface area contributed by atoms with E-state index < -0.39 is 0 Å². The van der Waals surface area contributed by atoms with Crippen molar-refractivity contribution < 1.29 is 4.74 Å². The molecule has 1 saturated carbocycles. The maximum atomic E-state index is 6.42. The monoisotopic (exact) mass is 283 g/mol. The maximum Gasteiger partial charge on any atom is 0.0806 e. The molecule has 1 fully saturated rings. The van der Waals surface area contributed by atoms with Crippen LogP contribution in [-0.2, 0) is 4.74 Å². The van der Waals surface area contributed by atoms with Crippen molar-refractivity contribution in [3.8, 4) is 0 Å². The van der Waals surface area contributed by atoms with Crippen molar-refractivity contribution in [2.24, 2.45) is 0 Å². The van der Waals surface area contributed by atoms with Gasteiger partial charge in [-0.15, -0.1) is 0 Å². The standard InChI is InChI=1S/C18H37NO/c1-4-5-6-9-12-15-20-18(16-19-17(2)3)13-10-7-8-11-14-18/h17,19H,4-16H2,1-3H3. The zero-order valence-electron chi connectivity index (χ0n) is 14.2. The number of ether oxygens (including phenoxy) is 1. The van der Waals surface area contributed by atoms with Crippen LogP contribution in [0.2, 0.25) is 0 Å². The van der Waals surface area contributed by atoms with Gasteiger partial charge >= 0.3 is 0 Å². The van der Waals surface area contributed by atoms with Crippen LogP contribution in [0.4, 0.5) is 0 Å². The van der Waals surface area contributed by atoms with Crippen LogP contribution < -0.4 is 5.32 Å². The van der Waals surface area contributed by atoms with Gasteiger partial charge in [0.05, 0.1) is 5.60 Å². The van der Waals surface area contributed by atoms with Gasteiger partial charge in [0.25, 0.3) is 0 Å². The van der Waals surface area contributed by atoms with Crippen LogP contribution in [-0.4, -0.2) is 24.8 Å². The number of nitrogens with one attached hydrogen (secondary N) is 1. The summed E-state index contributed by atoms with van der Waals surface area (Å²) in [5.74, 6) is 0. The lowest BCUT2D eigenvalue weighted by Crippen LogP contribution is -2.45. The Morgan fingerprint density at radius 2 is 1.60 bits per heavy atom. The second kappa shape index (κ2) is 10.6. The first-order valence-electron chi connectivity index (χ1n) is 9.06. The molecule has 120 valence electrons. The molecule has 0 bridgehead atoms. The third-order valence-corrected chi connectivity index (χ3v) is 4.50. The summed E-state index contributed by atoms with van der Waals surface area (Å²) in [5, 5.41) is 3.62. The molecule has 0 amide bonds. The average Bonchev–Trinajstić information content (AvgIpc) is 2.67. The van der Waals surface area contributed by atoms with Gasteiger partial charge in [-0.2, -0.15) is 0 Å². The molecule has 0 aromatic rings. The molecule has 1 N–H and O–H groups in total. The summed E-state index contributed by atoms with van der Waals surface area (Å²) in [5.41, 5.74) is 0.130. The van der Waals surface area contributed by atoms with Crippen molar-refractivity contribution in [2.45, 2.75) is 103 Å². The quantitative estimate of drug-likeness (QED) is 0.447. The lowest BCUT2D eigenvalue weighted by molar-refractivity contribution is -0.0572. The maximum absolute atomic E-state index is 6.42. The summed E-state index contributed by atoms with van der Waals surface area (Å²) in [7, 11) is 0. The Kier molecular flexibility index (Phi) is 9.54. The van der Waals surface area contributed by atoms with E-state index in [0.717, 1.165) is 13.2 Å². The molecular formula is C18H37NO. The largest absolute Gasteiger partial charge is 0.374 e. The lowest BCUT2D eigenvalue weighted by atomic mass is 9.93. The van der Waals surface area contributed by atoms with E-state index in [-0.39, 0.29) is 5.60 Å². The van der Waals surface area contributed by atoms with Crippen LogP contribution in [0.15, 0.2) is 0 Å². The first kappa shape index (κ1) is 18.0. The number of rotatable bonds is 10. The van der Waals surface area contributed by atoms with E-state index in [1.54, 1.807) is 0 Å². The molecule has 2 nitrogen and oxygen atoms in total. The van der Waals surface area contributed by atoms with Gasteiger partial charge in [0.1, 0.15) is 0 Å². The SMILES string of the molecule is CCCCCCCOC1(CNC(C)C)CCCCCC1. The lowest BCUT2D eigenvalue weighted by Gasteiger charge is -2.34. The van der Waals surface area contributed by atoms with E-state index in [4.69, 9.17) is 4.74 Å². The van der Waals surface area contributed by atoms with Crippen molar-refractivity contribution in [1.82, 2.24) is 5.32 Å². The highest BCUT2D eigenvalue weighted by atomic mass is 16.5. The first-order valence-corrected chi connectivity index (χ1v) is 9.06. The number of hydrogen-bond donors (Lipinski definition) is 1. The van der Waals surface area contributed by atoms with E-state index in [0.29, 0.717) is 6.04 Å². The van der Waals surface area contributed by atoms with Crippen LogP contribution in [0.25, 0.3) is 0 Å². The summed E-state index contributed by atoms with van der Waals surface area (Å²) in [4.78, 5) is 0. The molecule has 20 heavy (non-hydrogen) atoms. The summed E-state index contributed by atoms with van der Waals surface area (Å²) >= 11 is 0. The highest BCUT2D eigenvalue weighted by Gasteiger charge is 2.31. The molecule has 0 heterocycles. The van der Waals surface area contributed by atoms with Crippen LogP contribution in [0.1, 0.15) is 91.4 Å². The molecule has 0 saturated heterocycles. The molecular weight excluding hydrogens is 246 g/mol. The minimum atomic E-state index is 0.130. The second-order valence-corrected chi connectivity index (χ2v) is 6.90. The number of hydrogen-bond acceptors (Lipinski definition) is 2. The van der Waals surface area contributed by atoms with E-state index in [2.05, 4.69) is 26.1 Å². The Bertz CT molecular complexity index is 219. The summed E-state index contributed by atoms with van der Waals surface area (Å²) in [6, 6.07) is 0.559. The Labute approximate surface area is 127 Å². The predicted octanol–water partition coefficient (Wildman–Crippen LogP) is 5.06. The smallest absolute Gasteiger partial charge is 0.0806 e. The van der Waals surface area contributed by atoms with Gasteiger partial charge < -0.3 is 10.1 Å².